The van der Waals surface area contributed by atoms with E-state index in [9.17, 15) is 9.59 Å². The number of hydrogen-bond donors (Lipinski definition) is 1. The second-order valence-corrected chi connectivity index (χ2v) is 7.18. The first kappa shape index (κ1) is 17.9. The van der Waals surface area contributed by atoms with Gasteiger partial charge in [-0.15, -0.1) is 0 Å². The third-order valence-corrected chi connectivity index (χ3v) is 5.09. The summed E-state index contributed by atoms with van der Waals surface area (Å²) in [5.41, 5.74) is 1.28. The molecule has 5 nitrogen and oxygen atoms in total. The van der Waals surface area contributed by atoms with Gasteiger partial charge < -0.3 is 15.1 Å². The summed E-state index contributed by atoms with van der Waals surface area (Å²) in [6, 6.07) is 10.3. The maximum atomic E-state index is 12.3. The topological polar surface area (TPSA) is 52.7 Å². The van der Waals surface area contributed by atoms with Crippen molar-refractivity contribution < 1.29 is 9.59 Å². The van der Waals surface area contributed by atoms with Crippen LogP contribution < -0.4 is 5.32 Å². The van der Waals surface area contributed by atoms with Gasteiger partial charge in [0.1, 0.15) is 0 Å². The minimum atomic E-state index is 0.164. The Morgan fingerprint density at radius 2 is 1.60 bits per heavy atom. The number of benzene rings is 1. The lowest BCUT2D eigenvalue weighted by molar-refractivity contribution is -0.139. The zero-order valence-corrected chi connectivity index (χ0v) is 15.0. The molecule has 5 heteroatoms. The van der Waals surface area contributed by atoms with Gasteiger partial charge in [-0.05, 0) is 43.7 Å². The van der Waals surface area contributed by atoms with Gasteiger partial charge in [-0.1, -0.05) is 30.3 Å². The van der Waals surface area contributed by atoms with E-state index in [1.54, 1.807) is 0 Å². The lowest BCUT2D eigenvalue weighted by Crippen LogP contribution is -2.52. The van der Waals surface area contributed by atoms with Crippen molar-refractivity contribution in [1.29, 1.82) is 0 Å². The number of amides is 2. The number of aryl methyl sites for hydroxylation is 1. The third kappa shape index (κ3) is 5.85. The number of rotatable bonds is 8. The molecule has 3 rings (SSSR count). The zero-order chi connectivity index (χ0) is 17.5. The van der Waals surface area contributed by atoms with Crippen molar-refractivity contribution in [1.82, 2.24) is 15.1 Å². The molecule has 0 unspecified atom stereocenters. The van der Waals surface area contributed by atoms with Crippen LogP contribution in [0.3, 0.4) is 0 Å². The summed E-state index contributed by atoms with van der Waals surface area (Å²) < 4.78 is 0. The average molecular weight is 343 g/mol. The van der Waals surface area contributed by atoms with Gasteiger partial charge in [-0.25, -0.2) is 0 Å². The Kier molecular flexibility index (Phi) is 6.45. The second kappa shape index (κ2) is 8.99. The van der Waals surface area contributed by atoms with E-state index in [1.165, 1.54) is 18.4 Å². The number of nitrogens with zero attached hydrogens (tertiary/aromatic N) is 2. The van der Waals surface area contributed by atoms with E-state index in [2.05, 4.69) is 17.4 Å². The summed E-state index contributed by atoms with van der Waals surface area (Å²) in [5, 5.41) is 3.25. The Bertz CT molecular complexity index is 564. The molecule has 1 saturated carbocycles. The molecule has 0 spiro atoms. The molecule has 2 aliphatic rings. The Hall–Kier alpha value is -1.88. The van der Waals surface area contributed by atoms with Crippen molar-refractivity contribution in [2.75, 3.05) is 39.3 Å². The van der Waals surface area contributed by atoms with Gasteiger partial charge in [0.25, 0.3) is 0 Å². The highest BCUT2D eigenvalue weighted by Gasteiger charge is 2.25. The maximum Gasteiger partial charge on any atom is 0.236 e. The summed E-state index contributed by atoms with van der Waals surface area (Å²) >= 11 is 0. The Morgan fingerprint density at radius 3 is 2.24 bits per heavy atom. The van der Waals surface area contributed by atoms with Crippen LogP contribution in [0, 0.1) is 5.92 Å². The van der Waals surface area contributed by atoms with E-state index < -0.39 is 0 Å². The standard InChI is InChI=1S/C20H29N3O2/c24-19(8-4-7-17-5-2-1-3-6-17)22-11-13-23(14-12-22)20(25)16-21-15-18-9-10-18/h1-3,5-6,18,21H,4,7-16H2. The fourth-order valence-corrected chi connectivity index (χ4v) is 3.27. The maximum absolute atomic E-state index is 12.3. The number of carbonyl (C=O) groups is 2. The van der Waals surface area contributed by atoms with Gasteiger partial charge in [-0.2, -0.15) is 0 Å². The molecule has 1 N–H and O–H groups in total. The largest absolute Gasteiger partial charge is 0.339 e. The number of piperazine rings is 1. The average Bonchev–Trinajstić information content (AvgIpc) is 3.47. The van der Waals surface area contributed by atoms with Crippen molar-refractivity contribution >= 4 is 11.8 Å². The zero-order valence-electron chi connectivity index (χ0n) is 15.0. The summed E-state index contributed by atoms with van der Waals surface area (Å²) in [6.45, 7) is 4.05. The van der Waals surface area contributed by atoms with Crippen molar-refractivity contribution in [2.24, 2.45) is 5.92 Å². The molecule has 2 fully saturated rings. The van der Waals surface area contributed by atoms with Crippen LogP contribution in [-0.4, -0.2) is 60.9 Å². The molecule has 1 aromatic carbocycles. The van der Waals surface area contributed by atoms with Crippen LogP contribution in [0.1, 0.15) is 31.2 Å². The first-order chi connectivity index (χ1) is 12.2. The highest BCUT2D eigenvalue weighted by molar-refractivity contribution is 5.79. The number of carbonyl (C=O) groups excluding carboxylic acids is 2. The Balaban J connectivity index is 1.30. The molecular formula is C20H29N3O2. The Morgan fingerprint density at radius 1 is 0.960 bits per heavy atom. The van der Waals surface area contributed by atoms with Crippen LogP contribution in [0.15, 0.2) is 30.3 Å². The molecule has 1 aromatic rings. The lowest BCUT2D eigenvalue weighted by Gasteiger charge is -2.35. The van der Waals surface area contributed by atoms with Gasteiger partial charge in [0.15, 0.2) is 0 Å². The van der Waals surface area contributed by atoms with Crippen molar-refractivity contribution in [3.05, 3.63) is 35.9 Å². The fourth-order valence-electron chi connectivity index (χ4n) is 3.27. The normalized spacial score (nSPS) is 17.6. The van der Waals surface area contributed by atoms with E-state index in [0.29, 0.717) is 39.1 Å². The van der Waals surface area contributed by atoms with E-state index in [0.717, 1.165) is 25.3 Å². The molecule has 0 bridgehead atoms. The molecule has 1 heterocycles. The fraction of sp³-hybridized carbons (Fsp3) is 0.600. The first-order valence-electron chi connectivity index (χ1n) is 9.52. The predicted molar refractivity (Wildman–Crippen MR) is 98.1 cm³/mol. The second-order valence-electron chi connectivity index (χ2n) is 7.18. The van der Waals surface area contributed by atoms with Crippen LogP contribution in [0.4, 0.5) is 0 Å². The molecule has 0 atom stereocenters. The molecule has 0 radical (unpaired) electrons. The Labute approximate surface area is 150 Å². The molecule has 1 aliphatic carbocycles. The molecule has 1 aliphatic heterocycles. The third-order valence-electron chi connectivity index (χ3n) is 5.09. The summed E-state index contributed by atoms with van der Waals surface area (Å²) in [6.07, 6.45) is 5.01. The van der Waals surface area contributed by atoms with E-state index >= 15 is 0 Å². The highest BCUT2D eigenvalue weighted by Crippen LogP contribution is 2.27. The van der Waals surface area contributed by atoms with Crippen LogP contribution in [0.2, 0.25) is 0 Å². The van der Waals surface area contributed by atoms with E-state index in [-0.39, 0.29) is 11.8 Å². The van der Waals surface area contributed by atoms with E-state index in [1.807, 2.05) is 28.0 Å². The quantitative estimate of drug-likeness (QED) is 0.781. The smallest absolute Gasteiger partial charge is 0.236 e. The molecule has 136 valence electrons. The molecule has 0 aromatic heterocycles. The lowest BCUT2D eigenvalue weighted by atomic mass is 10.1. The summed E-state index contributed by atoms with van der Waals surface area (Å²) in [4.78, 5) is 28.3. The molecule has 2 amide bonds. The summed E-state index contributed by atoms with van der Waals surface area (Å²) in [5.74, 6) is 1.17. The number of hydrogen-bond acceptors (Lipinski definition) is 3. The minimum Gasteiger partial charge on any atom is -0.339 e. The monoisotopic (exact) mass is 343 g/mol. The van der Waals surface area contributed by atoms with Gasteiger partial charge in [-0.3, -0.25) is 9.59 Å². The van der Waals surface area contributed by atoms with Crippen LogP contribution in [0.5, 0.6) is 0 Å². The van der Waals surface area contributed by atoms with Crippen molar-refractivity contribution in [3.63, 3.8) is 0 Å². The van der Waals surface area contributed by atoms with Gasteiger partial charge in [0.2, 0.25) is 11.8 Å². The molecular weight excluding hydrogens is 314 g/mol. The molecule has 25 heavy (non-hydrogen) atoms. The van der Waals surface area contributed by atoms with Crippen LogP contribution in [-0.2, 0) is 16.0 Å². The van der Waals surface area contributed by atoms with Crippen LogP contribution >= 0.6 is 0 Å². The molecule has 1 saturated heterocycles. The van der Waals surface area contributed by atoms with Gasteiger partial charge in [0, 0.05) is 32.6 Å². The highest BCUT2D eigenvalue weighted by atomic mass is 16.2. The van der Waals surface area contributed by atoms with Crippen LogP contribution in [0.25, 0.3) is 0 Å². The minimum absolute atomic E-state index is 0.164. The van der Waals surface area contributed by atoms with Gasteiger partial charge in [0.05, 0.1) is 6.54 Å². The summed E-state index contributed by atoms with van der Waals surface area (Å²) in [7, 11) is 0. The first-order valence-corrected chi connectivity index (χ1v) is 9.52. The number of nitrogens with one attached hydrogen (secondary N) is 1. The van der Waals surface area contributed by atoms with Gasteiger partial charge >= 0.3 is 0 Å². The van der Waals surface area contributed by atoms with Crippen molar-refractivity contribution in [2.45, 2.75) is 32.1 Å². The predicted octanol–water partition coefficient (Wildman–Crippen LogP) is 1.68. The SMILES string of the molecule is O=C(CCCc1ccccc1)N1CCN(C(=O)CNCC2CC2)CC1. The van der Waals surface area contributed by atoms with Crippen molar-refractivity contribution in [3.8, 4) is 0 Å². The van der Waals surface area contributed by atoms with E-state index in [4.69, 9.17) is 0 Å².